The van der Waals surface area contributed by atoms with Crippen molar-refractivity contribution in [3.8, 4) is 11.8 Å². The van der Waals surface area contributed by atoms with Crippen LogP contribution in [0.5, 0.6) is 5.75 Å². The molecule has 0 saturated carbocycles. The molecule has 1 amide bonds. The van der Waals surface area contributed by atoms with Gasteiger partial charge < -0.3 is 10.2 Å². The van der Waals surface area contributed by atoms with Crippen molar-refractivity contribution in [3.05, 3.63) is 99.0 Å². The number of nitrogens with zero attached hydrogens (tertiary/aromatic N) is 2. The SMILES string of the molecule is Cc1cc(/C(O)=C2/C(=O)C(=O)N(c3ccc(C#N)cc3)C2c2ccc(O)cc2)ccc1Br. The van der Waals surface area contributed by atoms with Crippen molar-refractivity contribution in [2.45, 2.75) is 13.0 Å². The summed E-state index contributed by atoms with van der Waals surface area (Å²) in [5, 5.41) is 29.9. The van der Waals surface area contributed by atoms with Crippen molar-refractivity contribution in [1.82, 2.24) is 0 Å². The summed E-state index contributed by atoms with van der Waals surface area (Å²) in [6.45, 7) is 1.85. The topological polar surface area (TPSA) is 102 Å². The molecule has 0 radical (unpaired) electrons. The monoisotopic (exact) mass is 488 g/mol. The first-order valence-corrected chi connectivity index (χ1v) is 10.5. The highest BCUT2D eigenvalue weighted by Gasteiger charge is 2.47. The summed E-state index contributed by atoms with van der Waals surface area (Å²) in [6.07, 6.45) is 0. The Balaban J connectivity index is 1.94. The fourth-order valence-electron chi connectivity index (χ4n) is 3.71. The molecule has 1 saturated heterocycles. The van der Waals surface area contributed by atoms with Crippen molar-refractivity contribution in [2.75, 3.05) is 4.90 Å². The van der Waals surface area contributed by atoms with Crippen LogP contribution in [0.3, 0.4) is 0 Å². The Hall–Kier alpha value is -3.89. The van der Waals surface area contributed by atoms with Gasteiger partial charge in [0.05, 0.1) is 23.2 Å². The Labute approximate surface area is 192 Å². The van der Waals surface area contributed by atoms with Crippen LogP contribution in [0.2, 0.25) is 0 Å². The third kappa shape index (κ3) is 3.66. The molecule has 3 aromatic carbocycles. The fraction of sp³-hybridized carbons (Fsp3) is 0.0800. The van der Waals surface area contributed by atoms with Gasteiger partial charge in [-0.1, -0.05) is 34.1 Å². The second-order valence-electron chi connectivity index (χ2n) is 7.38. The van der Waals surface area contributed by atoms with Crippen molar-refractivity contribution in [2.24, 2.45) is 0 Å². The smallest absolute Gasteiger partial charge is 0.300 e. The van der Waals surface area contributed by atoms with E-state index >= 15 is 0 Å². The van der Waals surface area contributed by atoms with Gasteiger partial charge in [-0.15, -0.1) is 0 Å². The first-order chi connectivity index (χ1) is 15.3. The van der Waals surface area contributed by atoms with Gasteiger partial charge in [0.15, 0.2) is 0 Å². The summed E-state index contributed by atoms with van der Waals surface area (Å²) < 4.78 is 0.849. The summed E-state index contributed by atoms with van der Waals surface area (Å²) in [6, 6.07) is 18.7. The Kier molecular flexibility index (Phi) is 5.56. The fourth-order valence-corrected chi connectivity index (χ4v) is 3.96. The molecule has 4 rings (SSSR count). The van der Waals surface area contributed by atoms with E-state index in [2.05, 4.69) is 15.9 Å². The molecular weight excluding hydrogens is 472 g/mol. The zero-order valence-electron chi connectivity index (χ0n) is 16.9. The third-order valence-electron chi connectivity index (χ3n) is 5.36. The van der Waals surface area contributed by atoms with E-state index in [-0.39, 0.29) is 17.1 Å². The summed E-state index contributed by atoms with van der Waals surface area (Å²) >= 11 is 3.42. The molecule has 0 spiro atoms. The number of Topliss-reactive ketones (excluding diaryl/α,β-unsaturated/α-hetero) is 1. The van der Waals surface area contributed by atoms with Gasteiger partial charge in [-0.3, -0.25) is 14.5 Å². The molecule has 0 bridgehead atoms. The molecule has 1 atom stereocenters. The molecular formula is C25H17BrN2O4. The van der Waals surface area contributed by atoms with Crippen molar-refractivity contribution < 1.29 is 19.8 Å². The number of aryl methyl sites for hydroxylation is 1. The summed E-state index contributed by atoms with van der Waals surface area (Å²) in [5.41, 5.74) is 2.59. The average molecular weight is 489 g/mol. The summed E-state index contributed by atoms with van der Waals surface area (Å²) in [5.74, 6) is -1.85. The molecule has 1 aliphatic rings. The van der Waals surface area contributed by atoms with Gasteiger partial charge in [0.1, 0.15) is 11.5 Å². The van der Waals surface area contributed by atoms with Crippen LogP contribution in [-0.4, -0.2) is 21.9 Å². The zero-order chi connectivity index (χ0) is 23.0. The van der Waals surface area contributed by atoms with Crippen molar-refractivity contribution in [1.29, 1.82) is 5.26 Å². The largest absolute Gasteiger partial charge is 0.508 e. The van der Waals surface area contributed by atoms with Gasteiger partial charge in [0.25, 0.3) is 11.7 Å². The molecule has 0 aromatic heterocycles. The normalized spacial score (nSPS) is 17.4. The van der Waals surface area contributed by atoms with Gasteiger partial charge in [0, 0.05) is 15.7 Å². The number of hydrogen-bond acceptors (Lipinski definition) is 5. The summed E-state index contributed by atoms with van der Waals surface area (Å²) in [4.78, 5) is 27.5. The number of aliphatic hydroxyl groups is 1. The number of hydrogen-bond donors (Lipinski definition) is 2. The molecule has 158 valence electrons. The van der Waals surface area contributed by atoms with Crippen LogP contribution < -0.4 is 4.90 Å². The van der Waals surface area contributed by atoms with Crippen molar-refractivity contribution in [3.63, 3.8) is 0 Å². The number of ketones is 1. The molecule has 0 aliphatic carbocycles. The molecule has 1 aliphatic heterocycles. The van der Waals surface area contributed by atoms with E-state index in [1.807, 2.05) is 13.0 Å². The minimum absolute atomic E-state index is 0.0348. The number of nitriles is 1. The molecule has 32 heavy (non-hydrogen) atoms. The van der Waals surface area contributed by atoms with E-state index in [1.54, 1.807) is 54.6 Å². The molecule has 2 N–H and O–H groups in total. The lowest BCUT2D eigenvalue weighted by Gasteiger charge is -2.25. The number of carbonyl (C=O) groups is 2. The van der Waals surface area contributed by atoms with E-state index < -0.39 is 17.7 Å². The number of aliphatic hydroxyl groups excluding tert-OH is 1. The maximum absolute atomic E-state index is 13.1. The van der Waals surface area contributed by atoms with Gasteiger partial charge in [-0.25, -0.2) is 0 Å². The number of rotatable bonds is 3. The molecule has 6 nitrogen and oxygen atoms in total. The van der Waals surface area contributed by atoms with Crippen LogP contribution in [-0.2, 0) is 9.59 Å². The molecule has 1 unspecified atom stereocenters. The average Bonchev–Trinajstić information content (AvgIpc) is 3.06. The predicted octanol–water partition coefficient (Wildman–Crippen LogP) is 4.96. The number of phenolic OH excluding ortho intramolecular Hbond substituents is 1. The van der Waals surface area contributed by atoms with Gasteiger partial charge in [-0.05, 0) is 66.6 Å². The zero-order valence-corrected chi connectivity index (χ0v) is 18.5. The second kappa shape index (κ2) is 8.33. The third-order valence-corrected chi connectivity index (χ3v) is 6.25. The Morgan fingerprint density at radius 2 is 1.69 bits per heavy atom. The first kappa shape index (κ1) is 21.3. The van der Waals surface area contributed by atoms with Crippen LogP contribution in [0.15, 0.2) is 76.8 Å². The molecule has 1 fully saturated rings. The van der Waals surface area contributed by atoms with Crippen LogP contribution in [0, 0.1) is 18.3 Å². The van der Waals surface area contributed by atoms with E-state index in [1.165, 1.54) is 17.0 Å². The maximum atomic E-state index is 13.1. The maximum Gasteiger partial charge on any atom is 0.300 e. The quantitative estimate of drug-likeness (QED) is 0.308. The lowest BCUT2D eigenvalue weighted by atomic mass is 9.94. The number of amides is 1. The van der Waals surface area contributed by atoms with E-state index in [4.69, 9.17) is 5.26 Å². The minimum atomic E-state index is -0.910. The lowest BCUT2D eigenvalue weighted by molar-refractivity contribution is -0.132. The molecule has 3 aromatic rings. The van der Waals surface area contributed by atoms with E-state index in [0.717, 1.165) is 10.0 Å². The van der Waals surface area contributed by atoms with E-state index in [0.29, 0.717) is 22.4 Å². The Morgan fingerprint density at radius 3 is 2.28 bits per heavy atom. The van der Waals surface area contributed by atoms with Crippen LogP contribution in [0.4, 0.5) is 5.69 Å². The predicted molar refractivity (Wildman–Crippen MR) is 123 cm³/mol. The minimum Gasteiger partial charge on any atom is -0.508 e. The highest BCUT2D eigenvalue weighted by Crippen LogP contribution is 2.42. The number of halogens is 1. The molecule has 1 heterocycles. The van der Waals surface area contributed by atoms with Gasteiger partial charge in [-0.2, -0.15) is 5.26 Å². The number of aromatic hydroxyl groups is 1. The number of phenols is 1. The molecule has 7 heteroatoms. The van der Waals surface area contributed by atoms with Crippen molar-refractivity contribution >= 4 is 39.1 Å². The Morgan fingerprint density at radius 1 is 1.03 bits per heavy atom. The number of benzene rings is 3. The van der Waals surface area contributed by atoms with Gasteiger partial charge in [0.2, 0.25) is 0 Å². The summed E-state index contributed by atoms with van der Waals surface area (Å²) in [7, 11) is 0. The lowest BCUT2D eigenvalue weighted by Crippen LogP contribution is -2.29. The number of carbonyl (C=O) groups excluding carboxylic acids is 2. The van der Waals surface area contributed by atoms with Crippen LogP contribution in [0.1, 0.15) is 28.3 Å². The highest BCUT2D eigenvalue weighted by atomic mass is 79.9. The van der Waals surface area contributed by atoms with Gasteiger partial charge >= 0.3 is 0 Å². The standard InChI is InChI=1S/C25H17BrN2O4/c1-14-12-17(6-11-20(14)26)23(30)21-22(16-4-9-19(29)10-5-16)28(25(32)24(21)31)18-7-2-15(13-27)3-8-18/h2-12,22,29-30H,1H3/b23-21-. The number of anilines is 1. The van der Waals surface area contributed by atoms with Crippen LogP contribution >= 0.6 is 15.9 Å². The Bertz CT molecular complexity index is 1310. The van der Waals surface area contributed by atoms with Crippen LogP contribution in [0.25, 0.3) is 5.76 Å². The second-order valence-corrected chi connectivity index (χ2v) is 8.24. The highest BCUT2D eigenvalue weighted by molar-refractivity contribution is 9.10. The van der Waals surface area contributed by atoms with E-state index in [9.17, 15) is 19.8 Å². The first-order valence-electron chi connectivity index (χ1n) is 9.68.